The molecule has 15 heteroatoms. The van der Waals surface area contributed by atoms with Crippen LogP contribution < -0.4 is 26.0 Å². The van der Waals surface area contributed by atoms with E-state index in [2.05, 4.69) is 9.71 Å². The number of carbonyl (C=O) groups is 1. The highest BCUT2D eigenvalue weighted by Gasteiger charge is 2.45. The van der Waals surface area contributed by atoms with Gasteiger partial charge in [0.25, 0.3) is 11.8 Å². The number of fused-ring (bicyclic) bond motifs is 1. The quantitative estimate of drug-likeness (QED) is 0.277. The molecule has 3 aromatic rings. The summed E-state index contributed by atoms with van der Waals surface area (Å²) >= 11 is 1.08. The van der Waals surface area contributed by atoms with Gasteiger partial charge in [0.1, 0.15) is 16.5 Å². The molecule has 0 unspecified atom stereocenters. The third-order valence-corrected chi connectivity index (χ3v) is 11.8. The van der Waals surface area contributed by atoms with Crippen molar-refractivity contribution in [2.45, 2.75) is 56.6 Å². The van der Waals surface area contributed by atoms with Gasteiger partial charge < -0.3 is 26.4 Å². The van der Waals surface area contributed by atoms with E-state index >= 15 is 4.39 Å². The van der Waals surface area contributed by atoms with Gasteiger partial charge in [-0.1, -0.05) is 11.3 Å². The van der Waals surface area contributed by atoms with Crippen LogP contribution in [0.4, 0.5) is 35.4 Å². The van der Waals surface area contributed by atoms with Crippen molar-refractivity contribution in [2.24, 2.45) is 11.1 Å². The van der Waals surface area contributed by atoms with Crippen molar-refractivity contribution in [1.82, 2.24) is 4.98 Å². The first-order valence-electron chi connectivity index (χ1n) is 14.6. The summed E-state index contributed by atoms with van der Waals surface area (Å²) in [6, 6.07) is 4.28. The number of nitrogens with zero attached hydrogens (tertiary/aromatic N) is 3. The summed E-state index contributed by atoms with van der Waals surface area (Å²) in [5.74, 6) is -4.45. The minimum atomic E-state index is -4.16. The normalized spacial score (nSPS) is 20.2. The number of nitrogens with two attached hydrogens (primary N) is 2. The Bertz CT molecular complexity index is 1720. The number of halogens is 3. The highest BCUT2D eigenvalue weighted by molar-refractivity contribution is 7.93. The Morgan fingerprint density at radius 2 is 1.70 bits per heavy atom. The number of nitrogens with one attached hydrogen (secondary N) is 1. The van der Waals surface area contributed by atoms with Gasteiger partial charge in [0, 0.05) is 50.1 Å². The number of hydrogen-bond acceptors (Lipinski definition) is 9. The fraction of sp³-hybridized carbons (Fsp3) is 0.517. The summed E-state index contributed by atoms with van der Waals surface area (Å²) in [5, 5.41) is 8.57. The molecule has 1 atom stereocenters. The Morgan fingerprint density at radius 1 is 1.09 bits per heavy atom. The van der Waals surface area contributed by atoms with E-state index in [9.17, 15) is 27.1 Å². The lowest BCUT2D eigenvalue weighted by Gasteiger charge is -2.37. The lowest BCUT2D eigenvalue weighted by atomic mass is 9.90. The smallest absolute Gasteiger partial charge is 0.251 e. The number of primary amides is 1. The number of rotatable bonds is 8. The summed E-state index contributed by atoms with van der Waals surface area (Å²) in [5.41, 5.74) is 12.8. The SMILES string of the molecule is C[C@H](CO)S(=O)(=O)Nc1ccc(C(N)=O)c(N2CCC3(CC2)CC3)c1-c1cc2sc(N)nc2c(N2CCC(F)(F)CC2)c1F. The number of benzene rings is 2. The standard InChI is InChI=1S/C29H35F3N6O4S2/c1-16(15-39)44(41,42)36-19-3-2-17(26(33)40)24(37-10-6-28(4-5-28)7-11-37)21(19)18-14-20-23(35-27(34)43-20)25(22(18)30)38-12-8-29(31,32)9-13-38/h2-3,14,16,36,39H,4-13,15H2,1H3,(H2,33,40)(H2,34,35)/t16-/m1/s1. The van der Waals surface area contributed by atoms with Gasteiger partial charge in [-0.05, 0) is 56.2 Å². The minimum Gasteiger partial charge on any atom is -0.395 e. The maximum absolute atomic E-state index is 17.1. The number of aliphatic hydroxyl groups excluding tert-OH is 1. The van der Waals surface area contributed by atoms with E-state index in [1.807, 2.05) is 4.90 Å². The topological polar surface area (TPSA) is 155 Å². The second-order valence-corrected chi connectivity index (χ2v) is 15.4. The number of anilines is 4. The summed E-state index contributed by atoms with van der Waals surface area (Å²) in [6.07, 6.45) is 2.99. The van der Waals surface area contributed by atoms with Crippen LogP contribution in [0.2, 0.25) is 0 Å². The summed E-state index contributed by atoms with van der Waals surface area (Å²) in [4.78, 5) is 20.6. The number of alkyl halides is 2. The van der Waals surface area contributed by atoms with Crippen LogP contribution in [-0.2, 0) is 10.0 Å². The Kier molecular flexibility index (Phi) is 7.64. The Hall–Kier alpha value is -3.30. The molecule has 44 heavy (non-hydrogen) atoms. The van der Waals surface area contributed by atoms with Crippen molar-refractivity contribution in [2.75, 3.05) is 53.0 Å². The molecule has 3 fully saturated rings. The van der Waals surface area contributed by atoms with Gasteiger partial charge in [-0.2, -0.15) is 0 Å². The van der Waals surface area contributed by atoms with Crippen LogP contribution in [-0.4, -0.2) is 68.4 Å². The Balaban J connectivity index is 1.61. The number of aliphatic hydroxyl groups is 1. The molecule has 2 aliphatic heterocycles. The van der Waals surface area contributed by atoms with Crippen LogP contribution in [0.25, 0.3) is 21.3 Å². The first-order chi connectivity index (χ1) is 20.7. The zero-order chi connectivity index (χ0) is 31.6. The van der Waals surface area contributed by atoms with Gasteiger partial charge in [-0.25, -0.2) is 26.6 Å². The van der Waals surface area contributed by atoms with E-state index in [4.69, 9.17) is 11.5 Å². The molecule has 10 nitrogen and oxygen atoms in total. The zero-order valence-corrected chi connectivity index (χ0v) is 25.8. The molecule has 2 aromatic carbocycles. The molecule has 3 aliphatic rings. The molecule has 1 aromatic heterocycles. The van der Waals surface area contributed by atoms with Crippen LogP contribution in [0.3, 0.4) is 0 Å². The predicted molar refractivity (Wildman–Crippen MR) is 167 cm³/mol. The number of thiazole rings is 1. The molecule has 1 saturated carbocycles. The molecule has 1 amide bonds. The van der Waals surface area contributed by atoms with Crippen LogP contribution in [0.5, 0.6) is 0 Å². The van der Waals surface area contributed by atoms with E-state index in [-0.39, 0.29) is 62.9 Å². The average Bonchev–Trinajstić information content (AvgIpc) is 3.62. The number of amides is 1. The highest BCUT2D eigenvalue weighted by Crippen LogP contribution is 2.55. The Labute approximate surface area is 257 Å². The van der Waals surface area contributed by atoms with Crippen LogP contribution in [0, 0.1) is 11.2 Å². The second kappa shape index (κ2) is 10.9. The van der Waals surface area contributed by atoms with E-state index < -0.39 is 52.4 Å². The molecule has 0 radical (unpaired) electrons. The number of carbonyl (C=O) groups excluding carboxylic acids is 1. The third-order valence-electron chi connectivity index (χ3n) is 9.27. The largest absolute Gasteiger partial charge is 0.395 e. The molecule has 6 rings (SSSR count). The molecular weight excluding hydrogens is 617 g/mol. The molecule has 1 aliphatic carbocycles. The van der Waals surface area contributed by atoms with E-state index in [0.717, 1.165) is 37.0 Å². The number of nitrogen functional groups attached to an aromatic ring is 1. The summed E-state index contributed by atoms with van der Waals surface area (Å²) < 4.78 is 74.7. The maximum Gasteiger partial charge on any atom is 0.251 e. The first-order valence-corrected chi connectivity index (χ1v) is 17.0. The lowest BCUT2D eigenvalue weighted by Crippen LogP contribution is -2.40. The lowest BCUT2D eigenvalue weighted by molar-refractivity contribution is -0.0221. The van der Waals surface area contributed by atoms with Crippen LogP contribution in [0.15, 0.2) is 18.2 Å². The molecular formula is C29H35F3N6O4S2. The number of piperidine rings is 2. The highest BCUT2D eigenvalue weighted by atomic mass is 32.2. The fourth-order valence-corrected chi connectivity index (χ4v) is 7.93. The number of hydrogen-bond donors (Lipinski definition) is 4. The van der Waals surface area contributed by atoms with Gasteiger partial charge in [0.2, 0.25) is 10.0 Å². The van der Waals surface area contributed by atoms with Crippen molar-refractivity contribution >= 4 is 59.7 Å². The van der Waals surface area contributed by atoms with E-state index in [1.165, 1.54) is 30.0 Å². The van der Waals surface area contributed by atoms with Gasteiger partial charge >= 0.3 is 0 Å². The van der Waals surface area contributed by atoms with Crippen molar-refractivity contribution in [3.05, 3.63) is 29.6 Å². The zero-order valence-electron chi connectivity index (χ0n) is 24.2. The monoisotopic (exact) mass is 652 g/mol. The van der Waals surface area contributed by atoms with Crippen molar-refractivity contribution in [3.8, 4) is 11.1 Å². The minimum absolute atomic E-state index is 0.00973. The summed E-state index contributed by atoms with van der Waals surface area (Å²) in [7, 11) is -4.16. The van der Waals surface area contributed by atoms with Gasteiger partial charge in [-0.15, -0.1) is 0 Å². The molecule has 1 spiro atoms. The average molecular weight is 653 g/mol. The molecule has 2 saturated heterocycles. The second-order valence-electron chi connectivity index (χ2n) is 12.2. The number of sulfonamides is 1. The maximum atomic E-state index is 17.1. The summed E-state index contributed by atoms with van der Waals surface area (Å²) in [6.45, 7) is 1.50. The van der Waals surface area contributed by atoms with Crippen molar-refractivity contribution in [1.29, 1.82) is 0 Å². The molecule has 238 valence electrons. The first kappa shape index (κ1) is 30.7. The fourth-order valence-electron chi connectivity index (χ4n) is 6.28. The van der Waals surface area contributed by atoms with Gasteiger partial charge in [-0.3, -0.25) is 9.52 Å². The number of aromatic nitrogens is 1. The van der Waals surface area contributed by atoms with Crippen LogP contribution >= 0.6 is 11.3 Å². The van der Waals surface area contributed by atoms with E-state index in [1.54, 1.807) is 0 Å². The van der Waals surface area contributed by atoms with Crippen LogP contribution in [0.1, 0.15) is 55.8 Å². The Morgan fingerprint density at radius 3 is 2.30 bits per heavy atom. The third kappa shape index (κ3) is 5.53. The van der Waals surface area contributed by atoms with Gasteiger partial charge in [0.15, 0.2) is 10.9 Å². The van der Waals surface area contributed by atoms with Gasteiger partial charge in [0.05, 0.1) is 28.2 Å². The van der Waals surface area contributed by atoms with Crippen molar-refractivity contribution in [3.63, 3.8) is 0 Å². The van der Waals surface area contributed by atoms with Crippen molar-refractivity contribution < 1.29 is 31.5 Å². The molecule has 3 heterocycles. The molecule has 0 bridgehead atoms. The molecule has 6 N–H and O–H groups in total. The van der Waals surface area contributed by atoms with E-state index in [0.29, 0.717) is 17.8 Å². The predicted octanol–water partition coefficient (Wildman–Crippen LogP) is 4.52.